The number of rotatable bonds is 1. The van der Waals surface area contributed by atoms with Crippen molar-refractivity contribution in [1.29, 1.82) is 0 Å². The third-order valence-corrected chi connectivity index (χ3v) is 3.75. The second-order valence-electron chi connectivity index (χ2n) is 3.87. The summed E-state index contributed by atoms with van der Waals surface area (Å²) in [5.41, 5.74) is 0.733. The van der Waals surface area contributed by atoms with Gasteiger partial charge in [0.05, 0.1) is 4.88 Å². The normalized spacial score (nSPS) is 10.8. The smallest absolute Gasteiger partial charge is 0.263 e. The lowest BCUT2D eigenvalue weighted by atomic mass is 10.1. The van der Waals surface area contributed by atoms with Gasteiger partial charge in [0.15, 0.2) is 0 Å². The Kier molecular flexibility index (Phi) is 2.68. The van der Waals surface area contributed by atoms with E-state index < -0.39 is 0 Å². The Morgan fingerprint density at radius 3 is 2.62 bits per heavy atom. The molecule has 16 heavy (non-hydrogen) atoms. The van der Waals surface area contributed by atoms with Gasteiger partial charge in [0.1, 0.15) is 5.82 Å². The van der Waals surface area contributed by atoms with Crippen LogP contribution in [0.4, 0.5) is 4.39 Å². The fourth-order valence-electron chi connectivity index (χ4n) is 1.66. The van der Waals surface area contributed by atoms with E-state index in [-0.39, 0.29) is 11.7 Å². The maximum Gasteiger partial charge on any atom is 0.263 e. The molecule has 0 bridgehead atoms. The Balaban J connectivity index is 2.70. The number of hydrogen-bond donors (Lipinski definition) is 0. The fraction of sp³-hybridized carbons (Fsp3) is 0.250. The molecule has 0 N–H and O–H groups in total. The first-order chi connectivity index (χ1) is 7.52. The van der Waals surface area contributed by atoms with E-state index >= 15 is 0 Å². The second-order valence-corrected chi connectivity index (χ2v) is 4.92. The van der Waals surface area contributed by atoms with Crippen LogP contribution in [0.5, 0.6) is 0 Å². The highest BCUT2D eigenvalue weighted by Crippen LogP contribution is 2.32. The van der Waals surface area contributed by atoms with Crippen molar-refractivity contribution < 1.29 is 9.18 Å². The molecule has 0 saturated heterocycles. The number of thiophene rings is 1. The molecule has 1 aromatic heterocycles. The van der Waals surface area contributed by atoms with E-state index in [2.05, 4.69) is 0 Å². The summed E-state index contributed by atoms with van der Waals surface area (Å²) in [4.78, 5) is 14.0. The van der Waals surface area contributed by atoms with Crippen LogP contribution in [0.1, 0.15) is 15.2 Å². The van der Waals surface area contributed by atoms with Crippen molar-refractivity contribution in [3.63, 3.8) is 0 Å². The Morgan fingerprint density at radius 2 is 2.06 bits per heavy atom. The van der Waals surface area contributed by atoms with Crippen LogP contribution in [-0.2, 0) is 0 Å². The van der Waals surface area contributed by atoms with Gasteiger partial charge in [-0.05, 0) is 24.6 Å². The van der Waals surface area contributed by atoms with Crippen molar-refractivity contribution in [3.8, 4) is 0 Å². The lowest BCUT2D eigenvalue weighted by Gasteiger charge is -2.08. The van der Waals surface area contributed by atoms with Crippen LogP contribution in [0.15, 0.2) is 18.2 Å². The molecule has 0 aliphatic carbocycles. The number of amides is 1. The third kappa shape index (κ3) is 1.59. The van der Waals surface area contributed by atoms with Crippen LogP contribution in [-0.4, -0.2) is 24.9 Å². The van der Waals surface area contributed by atoms with Crippen molar-refractivity contribution in [3.05, 3.63) is 34.5 Å². The van der Waals surface area contributed by atoms with Crippen molar-refractivity contribution in [2.24, 2.45) is 0 Å². The van der Waals surface area contributed by atoms with Crippen LogP contribution in [0.2, 0.25) is 0 Å². The first-order valence-electron chi connectivity index (χ1n) is 4.91. The summed E-state index contributed by atoms with van der Waals surface area (Å²) in [5, 5.41) is 0.567. The summed E-state index contributed by atoms with van der Waals surface area (Å²) in [7, 11) is 3.39. The predicted octanol–water partition coefficient (Wildman–Crippen LogP) is 3.05. The predicted molar refractivity (Wildman–Crippen MR) is 64.5 cm³/mol. The van der Waals surface area contributed by atoms with Gasteiger partial charge in [-0.2, -0.15) is 0 Å². The molecule has 1 amide bonds. The summed E-state index contributed by atoms with van der Waals surface area (Å²) in [5.74, 6) is -0.331. The molecule has 0 radical (unpaired) electrons. The number of nitrogens with zero attached hydrogens (tertiary/aromatic N) is 1. The Hall–Kier alpha value is -1.42. The summed E-state index contributed by atoms with van der Waals surface area (Å²) >= 11 is 1.34. The molecule has 0 aliphatic heterocycles. The van der Waals surface area contributed by atoms with Crippen molar-refractivity contribution in [2.75, 3.05) is 14.1 Å². The topological polar surface area (TPSA) is 20.3 Å². The third-order valence-electron chi connectivity index (χ3n) is 2.50. The number of carbonyl (C=O) groups is 1. The van der Waals surface area contributed by atoms with Gasteiger partial charge in [-0.25, -0.2) is 4.39 Å². The van der Waals surface area contributed by atoms with Gasteiger partial charge in [-0.15, -0.1) is 11.3 Å². The molecule has 2 nitrogen and oxygen atoms in total. The molecular formula is C12H12FNOS. The molecule has 1 heterocycles. The minimum Gasteiger partial charge on any atom is -0.344 e. The zero-order valence-corrected chi connectivity index (χ0v) is 10.2. The minimum absolute atomic E-state index is 0.0712. The molecule has 4 heteroatoms. The van der Waals surface area contributed by atoms with Gasteiger partial charge in [0.25, 0.3) is 5.91 Å². The lowest BCUT2D eigenvalue weighted by Crippen LogP contribution is -2.21. The number of carbonyl (C=O) groups excluding carboxylic acids is 1. The maximum absolute atomic E-state index is 13.6. The van der Waals surface area contributed by atoms with E-state index in [0.29, 0.717) is 10.3 Å². The Labute approximate surface area is 97.3 Å². The van der Waals surface area contributed by atoms with Crippen LogP contribution in [0, 0.1) is 12.7 Å². The van der Waals surface area contributed by atoms with Crippen LogP contribution in [0.3, 0.4) is 0 Å². The molecule has 0 fully saturated rings. The summed E-state index contributed by atoms with van der Waals surface area (Å²) in [6, 6.07) is 4.92. The average molecular weight is 237 g/mol. The minimum atomic E-state index is -0.260. The summed E-state index contributed by atoms with van der Waals surface area (Å²) in [6.07, 6.45) is 0. The number of aryl methyl sites for hydroxylation is 1. The van der Waals surface area contributed by atoms with E-state index in [9.17, 15) is 9.18 Å². The SMILES string of the molecule is Cc1c(C(=O)N(C)C)sc2cccc(F)c12. The number of halogens is 1. The van der Waals surface area contributed by atoms with E-state index in [4.69, 9.17) is 0 Å². The Bertz CT molecular complexity index is 559. The first kappa shape index (κ1) is 11.1. The highest BCUT2D eigenvalue weighted by Gasteiger charge is 2.18. The molecule has 2 rings (SSSR count). The zero-order valence-electron chi connectivity index (χ0n) is 9.37. The van der Waals surface area contributed by atoms with E-state index in [0.717, 1.165) is 10.3 Å². The first-order valence-corrected chi connectivity index (χ1v) is 5.73. The van der Waals surface area contributed by atoms with Crippen molar-refractivity contribution in [2.45, 2.75) is 6.92 Å². The number of fused-ring (bicyclic) bond motifs is 1. The lowest BCUT2D eigenvalue weighted by molar-refractivity contribution is 0.0831. The van der Waals surface area contributed by atoms with Gasteiger partial charge >= 0.3 is 0 Å². The van der Waals surface area contributed by atoms with Crippen molar-refractivity contribution in [1.82, 2.24) is 4.90 Å². The van der Waals surface area contributed by atoms with Crippen LogP contribution < -0.4 is 0 Å². The van der Waals surface area contributed by atoms with Gasteiger partial charge < -0.3 is 4.90 Å². The standard InChI is InChI=1S/C12H12FNOS/c1-7-10-8(13)5-4-6-9(10)16-11(7)12(15)14(2)3/h4-6H,1-3H3. The van der Waals surface area contributed by atoms with E-state index in [1.54, 1.807) is 27.1 Å². The second kappa shape index (κ2) is 3.87. The molecule has 0 saturated carbocycles. The molecule has 0 spiro atoms. The van der Waals surface area contributed by atoms with Crippen LogP contribution in [0.25, 0.3) is 10.1 Å². The fourth-order valence-corrected chi connectivity index (χ4v) is 2.90. The van der Waals surface area contributed by atoms with Gasteiger partial charge in [0, 0.05) is 24.2 Å². The van der Waals surface area contributed by atoms with Gasteiger partial charge in [-0.3, -0.25) is 4.79 Å². The monoisotopic (exact) mass is 237 g/mol. The zero-order chi connectivity index (χ0) is 11.9. The van der Waals surface area contributed by atoms with Gasteiger partial charge in [-0.1, -0.05) is 6.07 Å². The summed E-state index contributed by atoms with van der Waals surface area (Å²) in [6.45, 7) is 1.79. The molecule has 2 aromatic rings. The average Bonchev–Trinajstić information content (AvgIpc) is 2.56. The molecule has 84 valence electrons. The number of hydrogen-bond acceptors (Lipinski definition) is 2. The molecule has 0 aliphatic rings. The van der Waals surface area contributed by atoms with E-state index in [1.807, 2.05) is 6.07 Å². The molecule has 0 atom stereocenters. The molecular weight excluding hydrogens is 225 g/mol. The summed E-state index contributed by atoms with van der Waals surface area (Å²) < 4.78 is 14.4. The largest absolute Gasteiger partial charge is 0.344 e. The molecule has 1 aromatic carbocycles. The van der Waals surface area contributed by atoms with E-state index in [1.165, 1.54) is 22.3 Å². The highest BCUT2D eigenvalue weighted by atomic mass is 32.1. The highest BCUT2D eigenvalue weighted by molar-refractivity contribution is 7.21. The van der Waals surface area contributed by atoms with Crippen LogP contribution >= 0.6 is 11.3 Å². The number of benzene rings is 1. The van der Waals surface area contributed by atoms with Gasteiger partial charge in [0.2, 0.25) is 0 Å². The van der Waals surface area contributed by atoms with Crippen molar-refractivity contribution >= 4 is 27.3 Å². The quantitative estimate of drug-likeness (QED) is 0.746. The molecule has 0 unspecified atom stereocenters. The Morgan fingerprint density at radius 1 is 1.38 bits per heavy atom. The maximum atomic E-state index is 13.6.